The highest BCUT2D eigenvalue weighted by Crippen LogP contribution is 2.42. The first kappa shape index (κ1) is 25.4. The highest BCUT2D eigenvalue weighted by atomic mass is 35.5. The average Bonchev–Trinajstić information content (AvgIpc) is 3.43. The van der Waals surface area contributed by atoms with Crippen LogP contribution in [0.1, 0.15) is 43.4 Å². The SMILES string of the molecule is Cn1cc(-c2cc(NC(=O)c3cc(F)cc(C(F)(F)F)c3)c3c(c2)C(=O)NC3c2cc(F)ccc2Cl)cn1. The highest BCUT2D eigenvalue weighted by molar-refractivity contribution is 6.31. The normalized spacial score (nSPS) is 14.8. The summed E-state index contributed by atoms with van der Waals surface area (Å²) in [6, 6.07) is 7.11. The number of nitrogens with zero attached hydrogens (tertiary/aromatic N) is 2. The third kappa shape index (κ3) is 4.72. The molecule has 12 heteroatoms. The molecule has 0 spiro atoms. The van der Waals surface area contributed by atoms with Gasteiger partial charge in [-0.15, -0.1) is 0 Å². The van der Waals surface area contributed by atoms with Crippen LogP contribution >= 0.6 is 11.6 Å². The van der Waals surface area contributed by atoms with Crippen molar-refractivity contribution in [1.29, 1.82) is 0 Å². The molecule has 1 atom stereocenters. The molecule has 0 fully saturated rings. The molecule has 38 heavy (non-hydrogen) atoms. The van der Waals surface area contributed by atoms with Crippen molar-refractivity contribution in [3.63, 3.8) is 0 Å². The number of hydrogen-bond donors (Lipinski definition) is 2. The molecule has 0 radical (unpaired) electrons. The predicted octanol–water partition coefficient (Wildman–Crippen LogP) is 6.12. The van der Waals surface area contributed by atoms with Crippen LogP contribution in [-0.2, 0) is 13.2 Å². The molecule has 0 saturated carbocycles. The monoisotopic (exact) mass is 546 g/mol. The Labute approximate surface area is 217 Å². The fourth-order valence-corrected chi connectivity index (χ4v) is 4.55. The number of carbonyl (C=O) groups excluding carboxylic acids is 2. The second kappa shape index (κ2) is 9.25. The second-order valence-corrected chi connectivity index (χ2v) is 9.05. The minimum absolute atomic E-state index is 0.0350. The van der Waals surface area contributed by atoms with Gasteiger partial charge in [-0.2, -0.15) is 18.3 Å². The van der Waals surface area contributed by atoms with E-state index in [0.29, 0.717) is 23.3 Å². The molecule has 2 N–H and O–H groups in total. The van der Waals surface area contributed by atoms with Crippen LogP contribution in [0.4, 0.5) is 27.6 Å². The first-order valence-corrected chi connectivity index (χ1v) is 11.4. The fourth-order valence-electron chi connectivity index (χ4n) is 4.32. The Hall–Kier alpha value is -4.25. The van der Waals surface area contributed by atoms with Gasteiger partial charge in [0.2, 0.25) is 0 Å². The second-order valence-electron chi connectivity index (χ2n) is 8.64. The number of aryl methyl sites for hydroxylation is 1. The van der Waals surface area contributed by atoms with Gasteiger partial charge in [0.05, 0.1) is 17.8 Å². The number of hydrogen-bond acceptors (Lipinski definition) is 3. The van der Waals surface area contributed by atoms with Gasteiger partial charge in [-0.05, 0) is 54.1 Å². The maximum atomic E-state index is 14.1. The van der Waals surface area contributed by atoms with Crippen LogP contribution in [0.25, 0.3) is 11.1 Å². The van der Waals surface area contributed by atoms with E-state index in [2.05, 4.69) is 15.7 Å². The molecule has 5 rings (SSSR count). The maximum Gasteiger partial charge on any atom is 0.416 e. The number of halogens is 6. The Morgan fingerprint density at radius 3 is 2.50 bits per heavy atom. The molecule has 194 valence electrons. The summed E-state index contributed by atoms with van der Waals surface area (Å²) in [5.74, 6) is -3.47. The lowest BCUT2D eigenvalue weighted by Gasteiger charge is -2.19. The topological polar surface area (TPSA) is 76.0 Å². The van der Waals surface area contributed by atoms with Crippen molar-refractivity contribution >= 4 is 29.1 Å². The van der Waals surface area contributed by atoms with Gasteiger partial charge in [0, 0.05) is 51.8 Å². The molecule has 0 aliphatic carbocycles. The van der Waals surface area contributed by atoms with E-state index in [1.807, 2.05) is 0 Å². The van der Waals surface area contributed by atoms with Gasteiger partial charge >= 0.3 is 6.18 Å². The molecule has 4 aromatic rings. The van der Waals surface area contributed by atoms with Crippen molar-refractivity contribution in [3.8, 4) is 11.1 Å². The first-order chi connectivity index (χ1) is 17.9. The van der Waals surface area contributed by atoms with Crippen LogP contribution in [-0.4, -0.2) is 21.6 Å². The van der Waals surface area contributed by atoms with Crippen molar-refractivity contribution in [2.75, 3.05) is 5.32 Å². The van der Waals surface area contributed by atoms with E-state index in [0.717, 1.165) is 12.1 Å². The standard InChI is InChI=1S/C26H16ClF5N4O2/c1-36-11-14(10-33-36)12-6-19-22(23(35-25(19)38)18-9-16(28)2-3-20(18)27)21(7-12)34-24(37)13-4-15(26(30,31)32)8-17(29)5-13/h2-11,23H,1H3,(H,34,37)(H,35,38). The maximum absolute atomic E-state index is 14.1. The molecule has 1 aliphatic heterocycles. The van der Waals surface area contributed by atoms with Crippen LogP contribution in [0.2, 0.25) is 5.02 Å². The van der Waals surface area contributed by atoms with E-state index in [9.17, 15) is 31.5 Å². The summed E-state index contributed by atoms with van der Waals surface area (Å²) < 4.78 is 69.2. The van der Waals surface area contributed by atoms with E-state index in [1.54, 1.807) is 19.3 Å². The number of fused-ring (bicyclic) bond motifs is 1. The molecule has 3 aromatic carbocycles. The Bertz CT molecular complexity index is 1620. The molecule has 2 amide bonds. The Balaban J connectivity index is 1.65. The molecule has 1 unspecified atom stereocenters. The van der Waals surface area contributed by atoms with Gasteiger partial charge in [0.15, 0.2) is 0 Å². The highest BCUT2D eigenvalue weighted by Gasteiger charge is 2.36. The molecular formula is C26H16ClF5N4O2. The van der Waals surface area contributed by atoms with Crippen LogP contribution in [0.3, 0.4) is 0 Å². The third-order valence-corrected chi connectivity index (χ3v) is 6.38. The largest absolute Gasteiger partial charge is 0.416 e. The van der Waals surface area contributed by atoms with Gasteiger partial charge in [-0.1, -0.05) is 11.6 Å². The molecule has 1 aromatic heterocycles. The van der Waals surface area contributed by atoms with Gasteiger partial charge in [0.1, 0.15) is 11.6 Å². The summed E-state index contributed by atoms with van der Waals surface area (Å²) >= 11 is 6.29. The smallest absolute Gasteiger partial charge is 0.341 e. The minimum Gasteiger partial charge on any atom is -0.341 e. The summed E-state index contributed by atoms with van der Waals surface area (Å²) in [5.41, 5.74) is -0.298. The van der Waals surface area contributed by atoms with Gasteiger partial charge in [-0.25, -0.2) is 8.78 Å². The van der Waals surface area contributed by atoms with Crippen molar-refractivity contribution in [2.24, 2.45) is 7.05 Å². The van der Waals surface area contributed by atoms with Crippen molar-refractivity contribution < 1.29 is 31.5 Å². The summed E-state index contributed by atoms with van der Waals surface area (Å²) in [7, 11) is 1.68. The van der Waals surface area contributed by atoms with E-state index < -0.39 is 46.8 Å². The number of carbonyl (C=O) groups is 2. The molecule has 2 heterocycles. The van der Waals surface area contributed by atoms with Crippen LogP contribution in [0.5, 0.6) is 0 Å². The predicted molar refractivity (Wildman–Crippen MR) is 129 cm³/mol. The summed E-state index contributed by atoms with van der Waals surface area (Å²) in [6.45, 7) is 0. The van der Waals surface area contributed by atoms with Crippen LogP contribution in [0, 0.1) is 11.6 Å². The molecular weight excluding hydrogens is 531 g/mol. The fraction of sp³-hybridized carbons (Fsp3) is 0.115. The molecule has 0 bridgehead atoms. The molecule has 6 nitrogen and oxygen atoms in total. The van der Waals surface area contributed by atoms with Crippen molar-refractivity contribution in [1.82, 2.24) is 15.1 Å². The van der Waals surface area contributed by atoms with Crippen molar-refractivity contribution in [3.05, 3.63) is 105 Å². The van der Waals surface area contributed by atoms with Gasteiger partial charge in [0.25, 0.3) is 11.8 Å². The third-order valence-electron chi connectivity index (χ3n) is 6.03. The number of aromatic nitrogens is 2. The zero-order chi connectivity index (χ0) is 27.4. The quantitative estimate of drug-likeness (QED) is 0.303. The zero-order valence-corrected chi connectivity index (χ0v) is 20.1. The van der Waals surface area contributed by atoms with Gasteiger partial charge < -0.3 is 10.6 Å². The number of amides is 2. The van der Waals surface area contributed by atoms with Crippen molar-refractivity contribution in [2.45, 2.75) is 12.2 Å². The zero-order valence-electron chi connectivity index (χ0n) is 19.3. The summed E-state index contributed by atoms with van der Waals surface area (Å²) in [6.07, 6.45) is -1.71. The van der Waals surface area contributed by atoms with E-state index in [-0.39, 0.29) is 33.5 Å². The number of alkyl halides is 3. The van der Waals surface area contributed by atoms with E-state index >= 15 is 0 Å². The Morgan fingerprint density at radius 1 is 1.05 bits per heavy atom. The number of rotatable bonds is 4. The molecule has 1 aliphatic rings. The average molecular weight is 547 g/mol. The lowest BCUT2D eigenvalue weighted by Crippen LogP contribution is -2.21. The summed E-state index contributed by atoms with van der Waals surface area (Å²) in [4.78, 5) is 26.1. The minimum atomic E-state index is -4.88. The lowest BCUT2D eigenvalue weighted by atomic mass is 9.93. The van der Waals surface area contributed by atoms with Crippen LogP contribution in [0.15, 0.2) is 60.9 Å². The Morgan fingerprint density at radius 2 is 1.82 bits per heavy atom. The number of anilines is 1. The first-order valence-electron chi connectivity index (χ1n) is 11.0. The summed E-state index contributed by atoms with van der Waals surface area (Å²) in [5, 5.41) is 9.44. The van der Waals surface area contributed by atoms with E-state index in [1.165, 1.54) is 23.0 Å². The number of nitrogens with one attached hydrogen (secondary N) is 2. The lowest BCUT2D eigenvalue weighted by molar-refractivity contribution is -0.137. The van der Waals surface area contributed by atoms with Gasteiger partial charge in [-0.3, -0.25) is 14.3 Å². The van der Waals surface area contributed by atoms with E-state index in [4.69, 9.17) is 11.6 Å². The molecule has 0 saturated heterocycles. The Kier molecular flexibility index (Phi) is 6.18. The number of benzene rings is 3. The van der Waals surface area contributed by atoms with Crippen LogP contribution < -0.4 is 10.6 Å².